The van der Waals surface area contributed by atoms with Crippen molar-refractivity contribution in [1.82, 2.24) is 10.3 Å². The second-order valence-electron chi connectivity index (χ2n) is 3.79. The van der Waals surface area contributed by atoms with Crippen LogP contribution in [-0.2, 0) is 0 Å². The zero-order chi connectivity index (χ0) is 13.0. The number of nitrogens with one attached hydrogen (secondary N) is 1. The molecule has 0 atom stereocenters. The number of benzene rings is 1. The third-order valence-corrected chi connectivity index (χ3v) is 3.46. The summed E-state index contributed by atoms with van der Waals surface area (Å²) in [4.78, 5) is 17.2. The molecule has 0 bridgehead atoms. The van der Waals surface area contributed by atoms with Crippen molar-refractivity contribution in [2.45, 2.75) is 6.92 Å². The first-order valence-corrected chi connectivity index (χ1v) is 6.46. The van der Waals surface area contributed by atoms with Crippen molar-refractivity contribution in [3.8, 4) is 10.6 Å². The molecular formula is C14H14N2OS. The van der Waals surface area contributed by atoms with Crippen LogP contribution in [0, 0.1) is 6.92 Å². The van der Waals surface area contributed by atoms with Crippen LogP contribution in [0.1, 0.15) is 15.4 Å². The fourth-order valence-corrected chi connectivity index (χ4v) is 2.48. The van der Waals surface area contributed by atoms with Gasteiger partial charge in [0.2, 0.25) is 0 Å². The second kappa shape index (κ2) is 5.60. The Morgan fingerprint density at radius 1 is 1.44 bits per heavy atom. The quantitative estimate of drug-likeness (QED) is 0.856. The third kappa shape index (κ3) is 2.65. The van der Waals surface area contributed by atoms with Gasteiger partial charge in [0.25, 0.3) is 5.91 Å². The highest BCUT2D eigenvalue weighted by Crippen LogP contribution is 2.27. The summed E-state index contributed by atoms with van der Waals surface area (Å²) in [5, 5.41) is 3.61. The van der Waals surface area contributed by atoms with Gasteiger partial charge in [-0.25, -0.2) is 4.98 Å². The summed E-state index contributed by atoms with van der Waals surface area (Å²) in [5.74, 6) is -0.147. The van der Waals surface area contributed by atoms with Gasteiger partial charge < -0.3 is 5.32 Å². The molecule has 0 unspecified atom stereocenters. The van der Waals surface area contributed by atoms with Gasteiger partial charge in [-0.1, -0.05) is 36.4 Å². The van der Waals surface area contributed by atoms with E-state index in [2.05, 4.69) is 16.9 Å². The minimum Gasteiger partial charge on any atom is -0.347 e. The Morgan fingerprint density at radius 2 is 2.17 bits per heavy atom. The molecule has 92 valence electrons. The lowest BCUT2D eigenvalue weighted by atomic mass is 10.2. The first kappa shape index (κ1) is 12.5. The minimum atomic E-state index is -0.147. The number of nitrogens with zero attached hydrogens (tertiary/aromatic N) is 1. The van der Waals surface area contributed by atoms with Gasteiger partial charge in [0.05, 0.1) is 0 Å². The predicted molar refractivity (Wildman–Crippen MR) is 74.8 cm³/mol. The molecule has 1 aromatic heterocycles. The van der Waals surface area contributed by atoms with Gasteiger partial charge in [-0.2, -0.15) is 0 Å². The highest BCUT2D eigenvalue weighted by Gasteiger charge is 2.15. The van der Waals surface area contributed by atoms with Crippen molar-refractivity contribution in [1.29, 1.82) is 0 Å². The number of aryl methyl sites for hydroxylation is 1. The molecule has 0 aliphatic rings. The Bertz CT molecular complexity index is 560. The summed E-state index contributed by atoms with van der Waals surface area (Å²) < 4.78 is 0. The van der Waals surface area contributed by atoms with E-state index in [4.69, 9.17) is 0 Å². The number of rotatable bonds is 4. The SMILES string of the molecule is C=CCNC(=O)c1nc(-c2ccccc2)sc1C. The van der Waals surface area contributed by atoms with E-state index >= 15 is 0 Å². The van der Waals surface area contributed by atoms with Gasteiger partial charge in [-0.3, -0.25) is 4.79 Å². The fourth-order valence-electron chi connectivity index (χ4n) is 1.56. The zero-order valence-corrected chi connectivity index (χ0v) is 11.0. The molecule has 1 amide bonds. The maximum Gasteiger partial charge on any atom is 0.271 e. The summed E-state index contributed by atoms with van der Waals surface area (Å²) in [7, 11) is 0. The number of carbonyl (C=O) groups excluding carboxylic acids is 1. The molecule has 4 heteroatoms. The number of amides is 1. The number of hydrogen-bond donors (Lipinski definition) is 1. The molecular weight excluding hydrogens is 244 g/mol. The van der Waals surface area contributed by atoms with Crippen LogP contribution in [0.25, 0.3) is 10.6 Å². The molecule has 2 aromatic rings. The Balaban J connectivity index is 2.27. The monoisotopic (exact) mass is 258 g/mol. The topological polar surface area (TPSA) is 42.0 Å². The van der Waals surface area contributed by atoms with Crippen molar-refractivity contribution in [3.05, 3.63) is 53.6 Å². The van der Waals surface area contributed by atoms with Crippen LogP contribution in [0.4, 0.5) is 0 Å². The summed E-state index contributed by atoms with van der Waals surface area (Å²) in [6.07, 6.45) is 1.65. The fraction of sp³-hybridized carbons (Fsp3) is 0.143. The largest absolute Gasteiger partial charge is 0.347 e. The molecule has 0 saturated carbocycles. The normalized spacial score (nSPS) is 10.1. The number of hydrogen-bond acceptors (Lipinski definition) is 3. The van der Waals surface area contributed by atoms with E-state index in [1.54, 1.807) is 6.08 Å². The maximum absolute atomic E-state index is 11.9. The van der Waals surface area contributed by atoms with E-state index in [1.807, 2.05) is 37.3 Å². The molecule has 0 aliphatic carbocycles. The molecule has 1 aromatic carbocycles. The lowest BCUT2D eigenvalue weighted by molar-refractivity contribution is 0.0953. The Hall–Kier alpha value is -1.94. The van der Waals surface area contributed by atoms with Crippen molar-refractivity contribution in [2.24, 2.45) is 0 Å². The van der Waals surface area contributed by atoms with Gasteiger partial charge in [0.15, 0.2) is 0 Å². The van der Waals surface area contributed by atoms with Gasteiger partial charge in [0.1, 0.15) is 10.7 Å². The van der Waals surface area contributed by atoms with Crippen LogP contribution >= 0.6 is 11.3 Å². The van der Waals surface area contributed by atoms with Crippen LogP contribution in [0.5, 0.6) is 0 Å². The number of carbonyl (C=O) groups is 1. The molecule has 18 heavy (non-hydrogen) atoms. The summed E-state index contributed by atoms with van der Waals surface area (Å²) in [6.45, 7) is 5.93. The highest BCUT2D eigenvalue weighted by atomic mass is 32.1. The summed E-state index contributed by atoms with van der Waals surface area (Å²) in [5.41, 5.74) is 1.54. The second-order valence-corrected chi connectivity index (χ2v) is 4.99. The minimum absolute atomic E-state index is 0.147. The molecule has 0 spiro atoms. The van der Waals surface area contributed by atoms with Crippen LogP contribution in [0.3, 0.4) is 0 Å². The maximum atomic E-state index is 11.9. The van der Waals surface area contributed by atoms with E-state index in [0.29, 0.717) is 12.2 Å². The molecule has 0 saturated heterocycles. The van der Waals surface area contributed by atoms with E-state index in [1.165, 1.54) is 11.3 Å². The Labute approximate surface area is 110 Å². The number of aromatic nitrogens is 1. The van der Waals surface area contributed by atoms with Crippen LogP contribution < -0.4 is 5.32 Å². The van der Waals surface area contributed by atoms with E-state index < -0.39 is 0 Å². The van der Waals surface area contributed by atoms with Crippen molar-refractivity contribution in [3.63, 3.8) is 0 Å². The predicted octanol–water partition coefficient (Wildman–Crippen LogP) is 3.03. The molecule has 1 N–H and O–H groups in total. The van der Waals surface area contributed by atoms with Crippen molar-refractivity contribution in [2.75, 3.05) is 6.54 Å². The molecule has 0 radical (unpaired) electrons. The molecule has 2 rings (SSSR count). The molecule has 0 fully saturated rings. The average molecular weight is 258 g/mol. The lowest BCUT2D eigenvalue weighted by Gasteiger charge is -1.99. The standard InChI is InChI=1S/C14H14N2OS/c1-3-9-15-13(17)12-10(2)18-14(16-12)11-7-5-4-6-8-11/h3-8H,1,9H2,2H3,(H,15,17). The average Bonchev–Trinajstić information content (AvgIpc) is 2.79. The molecule has 1 heterocycles. The van der Waals surface area contributed by atoms with Crippen LogP contribution in [-0.4, -0.2) is 17.4 Å². The van der Waals surface area contributed by atoms with Crippen LogP contribution in [0.2, 0.25) is 0 Å². The van der Waals surface area contributed by atoms with E-state index in [9.17, 15) is 4.79 Å². The molecule has 0 aliphatic heterocycles. The number of thiazole rings is 1. The van der Waals surface area contributed by atoms with Crippen molar-refractivity contribution < 1.29 is 4.79 Å². The smallest absolute Gasteiger partial charge is 0.271 e. The first-order chi connectivity index (χ1) is 8.72. The highest BCUT2D eigenvalue weighted by molar-refractivity contribution is 7.15. The van der Waals surface area contributed by atoms with E-state index in [0.717, 1.165) is 15.4 Å². The summed E-state index contributed by atoms with van der Waals surface area (Å²) >= 11 is 1.53. The Morgan fingerprint density at radius 3 is 2.83 bits per heavy atom. The third-order valence-electron chi connectivity index (χ3n) is 2.44. The van der Waals surface area contributed by atoms with Crippen molar-refractivity contribution >= 4 is 17.2 Å². The van der Waals surface area contributed by atoms with Gasteiger partial charge >= 0.3 is 0 Å². The van der Waals surface area contributed by atoms with Gasteiger partial charge in [0, 0.05) is 17.0 Å². The summed E-state index contributed by atoms with van der Waals surface area (Å²) in [6, 6.07) is 9.86. The van der Waals surface area contributed by atoms with Gasteiger partial charge in [-0.05, 0) is 6.92 Å². The lowest BCUT2D eigenvalue weighted by Crippen LogP contribution is -2.24. The first-order valence-electron chi connectivity index (χ1n) is 5.64. The Kier molecular flexibility index (Phi) is 3.89. The van der Waals surface area contributed by atoms with E-state index in [-0.39, 0.29) is 5.91 Å². The van der Waals surface area contributed by atoms with Crippen LogP contribution in [0.15, 0.2) is 43.0 Å². The molecule has 3 nitrogen and oxygen atoms in total. The zero-order valence-electron chi connectivity index (χ0n) is 10.1. The van der Waals surface area contributed by atoms with Gasteiger partial charge in [-0.15, -0.1) is 17.9 Å².